The zero-order valence-corrected chi connectivity index (χ0v) is 11.9. The van der Waals surface area contributed by atoms with Crippen LogP contribution in [-0.4, -0.2) is 14.5 Å². The lowest BCUT2D eigenvalue weighted by Gasteiger charge is -2.06. The van der Waals surface area contributed by atoms with Crippen molar-refractivity contribution in [3.63, 3.8) is 0 Å². The summed E-state index contributed by atoms with van der Waals surface area (Å²) in [6.45, 7) is 0. The van der Waals surface area contributed by atoms with E-state index in [4.69, 9.17) is 0 Å². The van der Waals surface area contributed by atoms with Crippen molar-refractivity contribution in [2.45, 2.75) is 5.33 Å². The van der Waals surface area contributed by atoms with Gasteiger partial charge in [0.15, 0.2) is 0 Å². The van der Waals surface area contributed by atoms with E-state index >= 15 is 0 Å². The fraction of sp³-hybridized carbons (Fsp3) is 0.0714. The highest BCUT2D eigenvalue weighted by Crippen LogP contribution is 2.26. The van der Waals surface area contributed by atoms with Gasteiger partial charge in [0.05, 0.1) is 16.0 Å². The van der Waals surface area contributed by atoms with Gasteiger partial charge in [-0.05, 0) is 24.3 Å². The van der Waals surface area contributed by atoms with E-state index < -0.39 is 0 Å². The van der Waals surface area contributed by atoms with Crippen LogP contribution in [0.25, 0.3) is 16.7 Å². The number of nitrogens with zero attached hydrogens (tertiary/aromatic N) is 3. The zero-order chi connectivity index (χ0) is 14.1. The number of rotatable bonds is 3. The van der Waals surface area contributed by atoms with Gasteiger partial charge >= 0.3 is 0 Å². The van der Waals surface area contributed by atoms with Crippen LogP contribution in [0.15, 0.2) is 48.8 Å². The molecule has 1 aromatic heterocycles. The first-order valence-electron chi connectivity index (χ1n) is 5.96. The van der Waals surface area contributed by atoms with Gasteiger partial charge in [0, 0.05) is 22.6 Å². The SMILES string of the molecule is O=[N+]([O-])c1ccc(-n2cnc3ccccc32)cc1CBr. The van der Waals surface area contributed by atoms with Crippen LogP contribution in [-0.2, 0) is 5.33 Å². The number of nitro benzene ring substituents is 1. The molecule has 1 heterocycles. The summed E-state index contributed by atoms with van der Waals surface area (Å²) < 4.78 is 1.92. The second kappa shape index (κ2) is 5.05. The molecule has 0 unspecified atom stereocenters. The van der Waals surface area contributed by atoms with Crippen LogP contribution < -0.4 is 0 Å². The van der Waals surface area contributed by atoms with E-state index in [2.05, 4.69) is 20.9 Å². The molecular weight excluding hydrogens is 322 g/mol. The van der Waals surface area contributed by atoms with Crippen molar-refractivity contribution < 1.29 is 4.92 Å². The van der Waals surface area contributed by atoms with Gasteiger partial charge in [0.2, 0.25) is 0 Å². The molecular formula is C14H10BrN3O2. The molecule has 2 aromatic carbocycles. The van der Waals surface area contributed by atoms with Gasteiger partial charge in [-0.15, -0.1) is 0 Å². The first kappa shape index (κ1) is 12.8. The van der Waals surface area contributed by atoms with E-state index in [0.29, 0.717) is 10.9 Å². The monoisotopic (exact) mass is 331 g/mol. The van der Waals surface area contributed by atoms with Crippen molar-refractivity contribution in [1.82, 2.24) is 9.55 Å². The minimum atomic E-state index is -0.369. The average Bonchev–Trinajstić information content (AvgIpc) is 2.90. The predicted molar refractivity (Wildman–Crippen MR) is 80.4 cm³/mol. The molecule has 20 heavy (non-hydrogen) atoms. The molecule has 0 fully saturated rings. The number of halogens is 1. The Balaban J connectivity index is 2.17. The highest BCUT2D eigenvalue weighted by Gasteiger charge is 2.14. The molecule has 0 spiro atoms. The first-order chi connectivity index (χ1) is 9.70. The van der Waals surface area contributed by atoms with Gasteiger partial charge < -0.3 is 0 Å². The summed E-state index contributed by atoms with van der Waals surface area (Å²) in [5, 5.41) is 11.4. The fourth-order valence-corrected chi connectivity index (χ4v) is 2.62. The van der Waals surface area contributed by atoms with E-state index in [1.807, 2.05) is 28.8 Å². The van der Waals surface area contributed by atoms with E-state index in [0.717, 1.165) is 16.7 Å². The average molecular weight is 332 g/mol. The Bertz CT molecular complexity index is 798. The number of imidazole rings is 1. The van der Waals surface area contributed by atoms with Crippen molar-refractivity contribution in [2.75, 3.05) is 0 Å². The fourth-order valence-electron chi connectivity index (χ4n) is 2.17. The molecule has 3 rings (SSSR count). The summed E-state index contributed by atoms with van der Waals surface area (Å²) in [6.07, 6.45) is 1.73. The lowest BCUT2D eigenvalue weighted by molar-refractivity contribution is -0.385. The summed E-state index contributed by atoms with van der Waals surface area (Å²) in [5.74, 6) is 0. The summed E-state index contributed by atoms with van der Waals surface area (Å²) in [7, 11) is 0. The van der Waals surface area contributed by atoms with Gasteiger partial charge in [-0.1, -0.05) is 28.1 Å². The minimum Gasteiger partial charge on any atom is -0.299 e. The van der Waals surface area contributed by atoms with Gasteiger partial charge in [-0.3, -0.25) is 14.7 Å². The standard InChI is InChI=1S/C14H10BrN3O2/c15-8-10-7-11(5-6-13(10)18(19)20)17-9-16-12-3-1-2-4-14(12)17/h1-7,9H,8H2. The van der Waals surface area contributed by atoms with Crippen molar-refractivity contribution in [3.8, 4) is 5.69 Å². The Labute approximate surface area is 123 Å². The van der Waals surface area contributed by atoms with Gasteiger partial charge in [-0.2, -0.15) is 0 Å². The summed E-state index contributed by atoms with van der Waals surface area (Å²) in [6, 6.07) is 12.8. The van der Waals surface area contributed by atoms with E-state index in [-0.39, 0.29) is 10.6 Å². The maximum absolute atomic E-state index is 11.0. The van der Waals surface area contributed by atoms with E-state index in [1.54, 1.807) is 18.5 Å². The Kier molecular flexibility index (Phi) is 3.23. The van der Waals surface area contributed by atoms with Crippen LogP contribution in [0, 0.1) is 10.1 Å². The van der Waals surface area contributed by atoms with Crippen molar-refractivity contribution in [3.05, 3.63) is 64.5 Å². The molecule has 0 amide bonds. The number of nitro groups is 1. The number of benzene rings is 2. The Morgan fingerprint density at radius 2 is 2.05 bits per heavy atom. The van der Waals surface area contributed by atoms with E-state index in [1.165, 1.54) is 6.07 Å². The Morgan fingerprint density at radius 3 is 2.80 bits per heavy atom. The number of aromatic nitrogens is 2. The third kappa shape index (κ3) is 2.08. The van der Waals surface area contributed by atoms with E-state index in [9.17, 15) is 10.1 Å². The molecule has 0 aliphatic carbocycles. The summed E-state index contributed by atoms with van der Waals surface area (Å²) in [5.41, 5.74) is 3.49. The molecule has 0 aliphatic rings. The molecule has 100 valence electrons. The van der Waals surface area contributed by atoms with Crippen molar-refractivity contribution in [1.29, 1.82) is 0 Å². The van der Waals surface area contributed by atoms with Crippen LogP contribution in [0.4, 0.5) is 5.69 Å². The lowest BCUT2D eigenvalue weighted by atomic mass is 10.2. The molecule has 0 atom stereocenters. The number of hydrogen-bond acceptors (Lipinski definition) is 3. The third-order valence-corrected chi connectivity index (χ3v) is 3.74. The number of fused-ring (bicyclic) bond motifs is 1. The number of hydrogen-bond donors (Lipinski definition) is 0. The Morgan fingerprint density at radius 1 is 1.25 bits per heavy atom. The minimum absolute atomic E-state index is 0.120. The largest absolute Gasteiger partial charge is 0.299 e. The molecule has 0 saturated heterocycles. The second-order valence-electron chi connectivity index (χ2n) is 4.31. The van der Waals surface area contributed by atoms with Gasteiger partial charge in [0.25, 0.3) is 5.69 Å². The maximum Gasteiger partial charge on any atom is 0.273 e. The molecule has 0 saturated carbocycles. The number of para-hydroxylation sites is 2. The quantitative estimate of drug-likeness (QED) is 0.416. The second-order valence-corrected chi connectivity index (χ2v) is 4.87. The van der Waals surface area contributed by atoms with Gasteiger partial charge in [-0.25, -0.2) is 4.98 Å². The first-order valence-corrected chi connectivity index (χ1v) is 7.08. The topological polar surface area (TPSA) is 61.0 Å². The van der Waals surface area contributed by atoms with Crippen LogP contribution in [0.3, 0.4) is 0 Å². The van der Waals surface area contributed by atoms with Crippen molar-refractivity contribution >= 4 is 32.7 Å². The van der Waals surface area contributed by atoms with Crippen LogP contribution in [0.5, 0.6) is 0 Å². The molecule has 6 heteroatoms. The van der Waals surface area contributed by atoms with Crippen LogP contribution in [0.1, 0.15) is 5.56 Å². The van der Waals surface area contributed by atoms with Gasteiger partial charge in [0.1, 0.15) is 6.33 Å². The molecule has 3 aromatic rings. The molecule has 0 bridgehead atoms. The predicted octanol–water partition coefficient (Wildman–Crippen LogP) is 3.83. The molecule has 0 N–H and O–H groups in total. The van der Waals surface area contributed by atoms with Crippen molar-refractivity contribution in [2.24, 2.45) is 0 Å². The molecule has 0 aliphatic heterocycles. The third-order valence-electron chi connectivity index (χ3n) is 3.14. The zero-order valence-electron chi connectivity index (χ0n) is 10.4. The molecule has 5 nitrogen and oxygen atoms in total. The highest BCUT2D eigenvalue weighted by molar-refractivity contribution is 9.08. The number of alkyl halides is 1. The van der Waals surface area contributed by atoms with Crippen LogP contribution >= 0.6 is 15.9 Å². The smallest absolute Gasteiger partial charge is 0.273 e. The lowest BCUT2D eigenvalue weighted by Crippen LogP contribution is -1.97. The molecule has 0 radical (unpaired) electrons. The van der Waals surface area contributed by atoms with Crippen LogP contribution in [0.2, 0.25) is 0 Å². The highest BCUT2D eigenvalue weighted by atomic mass is 79.9. The summed E-state index contributed by atoms with van der Waals surface area (Å²) in [4.78, 5) is 14.9. The maximum atomic E-state index is 11.0. The Hall–Kier alpha value is -2.21. The summed E-state index contributed by atoms with van der Waals surface area (Å²) >= 11 is 3.29. The normalized spacial score (nSPS) is 10.8.